The van der Waals surface area contributed by atoms with E-state index in [9.17, 15) is 4.79 Å². The Hall–Kier alpha value is 0.510. The molecule has 1 aliphatic rings. The average Bonchev–Trinajstić information content (AvgIpc) is 2.15. The van der Waals surface area contributed by atoms with Gasteiger partial charge in [-0.15, -0.1) is 0 Å². The van der Waals surface area contributed by atoms with Gasteiger partial charge in [-0.2, -0.15) is 0 Å². The quantitative estimate of drug-likeness (QED) is 0.551. The second-order valence-corrected chi connectivity index (χ2v) is 3.67. The van der Waals surface area contributed by atoms with Crippen LogP contribution in [-0.4, -0.2) is 22.8 Å². The fraction of sp³-hybridized carbons (Fsp3) is 0.750. The molecule has 0 aromatic carbocycles. The van der Waals surface area contributed by atoms with Crippen LogP contribution in [0.5, 0.6) is 0 Å². The number of hydrogen-bond acceptors (Lipinski definition) is 3. The van der Waals surface area contributed by atoms with Crippen LogP contribution in [0, 0.1) is 0 Å². The summed E-state index contributed by atoms with van der Waals surface area (Å²) in [4.78, 5) is 10.9. The van der Waals surface area contributed by atoms with E-state index in [1.807, 2.05) is 0 Å². The van der Waals surface area contributed by atoms with E-state index in [-0.39, 0.29) is 11.9 Å². The van der Waals surface area contributed by atoms with Crippen molar-refractivity contribution in [3.05, 3.63) is 0 Å². The smallest absolute Gasteiger partial charge is 0.249 e. The van der Waals surface area contributed by atoms with Crippen LogP contribution in [0.3, 0.4) is 0 Å². The molecule has 1 fully saturated rings. The molecular formula is C4H7IN2OS. The first-order valence-corrected chi connectivity index (χ1v) is 5.93. The number of carbonyl (C=O) groups is 1. The van der Waals surface area contributed by atoms with Crippen LogP contribution in [0.1, 0.15) is 6.42 Å². The lowest BCUT2D eigenvalue weighted by atomic mass is 10.3. The van der Waals surface area contributed by atoms with Gasteiger partial charge in [-0.25, -0.2) is 0 Å². The number of hydrogen-bond donors (Lipinski definition) is 1. The molecule has 0 aromatic heterocycles. The van der Waals surface area contributed by atoms with Crippen LogP contribution in [-0.2, 0) is 4.79 Å². The SMILES string of the molecule is NC1CCN(SI)C1=O. The summed E-state index contributed by atoms with van der Waals surface area (Å²) in [5.74, 6) is 0.0643. The minimum absolute atomic E-state index is 0.0643. The molecule has 1 unspecified atom stereocenters. The van der Waals surface area contributed by atoms with Crippen molar-refractivity contribution in [2.75, 3.05) is 6.54 Å². The molecule has 0 aliphatic carbocycles. The van der Waals surface area contributed by atoms with Crippen molar-refractivity contribution in [2.24, 2.45) is 5.73 Å². The number of amides is 1. The third kappa shape index (κ3) is 1.50. The van der Waals surface area contributed by atoms with Gasteiger partial charge in [-0.1, -0.05) is 0 Å². The van der Waals surface area contributed by atoms with Crippen LogP contribution < -0.4 is 5.73 Å². The van der Waals surface area contributed by atoms with E-state index in [2.05, 4.69) is 21.2 Å². The first kappa shape index (κ1) is 7.62. The minimum Gasteiger partial charge on any atom is -0.320 e. The second-order valence-electron chi connectivity index (χ2n) is 1.90. The number of nitrogens with two attached hydrogens (primary N) is 1. The summed E-state index contributed by atoms with van der Waals surface area (Å²) in [6, 6.07) is -0.243. The molecule has 9 heavy (non-hydrogen) atoms. The largest absolute Gasteiger partial charge is 0.320 e. The first-order valence-electron chi connectivity index (χ1n) is 2.61. The van der Waals surface area contributed by atoms with Gasteiger partial charge in [0.1, 0.15) is 0 Å². The van der Waals surface area contributed by atoms with Crippen molar-refractivity contribution in [3.63, 3.8) is 0 Å². The van der Waals surface area contributed by atoms with E-state index in [1.165, 1.54) is 9.12 Å². The molecule has 1 amide bonds. The van der Waals surface area contributed by atoms with Crippen molar-refractivity contribution in [2.45, 2.75) is 12.5 Å². The zero-order chi connectivity index (χ0) is 6.85. The van der Waals surface area contributed by atoms with Crippen LogP contribution in [0.15, 0.2) is 0 Å². The Bertz CT molecular complexity index is 132. The summed E-state index contributed by atoms with van der Waals surface area (Å²) in [6.45, 7) is 0.799. The van der Waals surface area contributed by atoms with Crippen molar-refractivity contribution in [3.8, 4) is 0 Å². The molecule has 1 rings (SSSR count). The maximum absolute atomic E-state index is 10.9. The summed E-state index contributed by atoms with van der Waals surface area (Å²) in [6.07, 6.45) is 0.800. The molecule has 0 bridgehead atoms. The maximum atomic E-state index is 10.9. The number of rotatable bonds is 1. The number of nitrogens with zero attached hydrogens (tertiary/aromatic N) is 1. The van der Waals surface area contributed by atoms with Crippen molar-refractivity contribution in [1.29, 1.82) is 0 Å². The Kier molecular flexibility index (Phi) is 2.59. The van der Waals surface area contributed by atoms with Gasteiger partial charge in [0.2, 0.25) is 5.91 Å². The Morgan fingerprint density at radius 1 is 1.89 bits per heavy atom. The fourth-order valence-corrected chi connectivity index (χ4v) is 2.29. The molecule has 0 aromatic rings. The van der Waals surface area contributed by atoms with Crippen molar-refractivity contribution >= 4 is 36.2 Å². The minimum atomic E-state index is -0.243. The lowest BCUT2D eigenvalue weighted by molar-refractivity contribution is -0.124. The molecule has 2 N–H and O–H groups in total. The lowest BCUT2D eigenvalue weighted by Crippen LogP contribution is -2.29. The zero-order valence-electron chi connectivity index (χ0n) is 4.71. The Morgan fingerprint density at radius 2 is 2.56 bits per heavy atom. The highest BCUT2D eigenvalue weighted by atomic mass is 127. The Balaban J connectivity index is 2.51. The van der Waals surface area contributed by atoms with Gasteiger partial charge in [0, 0.05) is 36.9 Å². The van der Waals surface area contributed by atoms with Crippen LogP contribution >= 0.6 is 30.3 Å². The van der Waals surface area contributed by atoms with Crippen molar-refractivity contribution < 1.29 is 4.79 Å². The van der Waals surface area contributed by atoms with E-state index in [0.29, 0.717) is 0 Å². The molecular weight excluding hydrogens is 251 g/mol. The molecule has 3 nitrogen and oxygen atoms in total. The van der Waals surface area contributed by atoms with E-state index >= 15 is 0 Å². The maximum Gasteiger partial charge on any atom is 0.249 e. The van der Waals surface area contributed by atoms with Crippen LogP contribution in [0.4, 0.5) is 0 Å². The first-order chi connectivity index (χ1) is 4.25. The van der Waals surface area contributed by atoms with Crippen LogP contribution in [0.25, 0.3) is 0 Å². The lowest BCUT2D eigenvalue weighted by Gasteiger charge is -2.07. The predicted octanol–water partition coefficient (Wildman–Crippen LogP) is 0.544. The summed E-state index contributed by atoms with van der Waals surface area (Å²) < 4.78 is 1.69. The number of carbonyl (C=O) groups excluding carboxylic acids is 1. The molecule has 0 saturated carbocycles. The molecule has 0 radical (unpaired) electrons. The molecule has 5 heteroatoms. The third-order valence-corrected chi connectivity index (χ3v) is 3.25. The summed E-state index contributed by atoms with van der Waals surface area (Å²) in [7, 11) is 1.42. The normalized spacial score (nSPS) is 27.6. The molecule has 52 valence electrons. The van der Waals surface area contributed by atoms with Gasteiger partial charge in [-0.05, 0) is 6.42 Å². The average molecular weight is 258 g/mol. The van der Waals surface area contributed by atoms with E-state index < -0.39 is 0 Å². The van der Waals surface area contributed by atoms with Gasteiger partial charge in [0.25, 0.3) is 0 Å². The Morgan fingerprint density at radius 3 is 2.78 bits per heavy atom. The highest BCUT2D eigenvalue weighted by Crippen LogP contribution is 2.24. The van der Waals surface area contributed by atoms with E-state index in [1.54, 1.807) is 4.31 Å². The monoisotopic (exact) mass is 258 g/mol. The summed E-state index contributed by atoms with van der Waals surface area (Å²) in [5, 5.41) is 0. The van der Waals surface area contributed by atoms with E-state index in [0.717, 1.165) is 13.0 Å². The Labute approximate surface area is 70.1 Å². The van der Waals surface area contributed by atoms with Gasteiger partial charge in [-0.3, -0.25) is 9.10 Å². The van der Waals surface area contributed by atoms with Crippen LogP contribution in [0.2, 0.25) is 0 Å². The number of halogens is 1. The molecule has 0 spiro atoms. The van der Waals surface area contributed by atoms with Gasteiger partial charge >= 0.3 is 0 Å². The summed E-state index contributed by atoms with van der Waals surface area (Å²) >= 11 is 2.08. The van der Waals surface area contributed by atoms with Gasteiger partial charge in [0.15, 0.2) is 0 Å². The fourth-order valence-electron chi connectivity index (χ4n) is 0.743. The van der Waals surface area contributed by atoms with Gasteiger partial charge in [0.05, 0.1) is 6.04 Å². The standard InChI is InChI=1S/C4H7IN2OS/c5-9-7-2-1-3(6)4(7)8/h3H,1-2,6H2. The zero-order valence-corrected chi connectivity index (χ0v) is 7.68. The predicted molar refractivity (Wildman–Crippen MR) is 45.9 cm³/mol. The third-order valence-electron chi connectivity index (χ3n) is 1.29. The highest BCUT2D eigenvalue weighted by molar-refractivity contribution is 14.2. The summed E-state index contributed by atoms with van der Waals surface area (Å²) in [5.41, 5.74) is 5.44. The van der Waals surface area contributed by atoms with E-state index in [4.69, 9.17) is 5.73 Å². The molecule has 1 saturated heterocycles. The van der Waals surface area contributed by atoms with Crippen molar-refractivity contribution in [1.82, 2.24) is 4.31 Å². The molecule has 1 heterocycles. The van der Waals surface area contributed by atoms with Gasteiger partial charge < -0.3 is 5.73 Å². The molecule has 1 atom stereocenters. The topological polar surface area (TPSA) is 46.3 Å². The second kappa shape index (κ2) is 3.07. The highest BCUT2D eigenvalue weighted by Gasteiger charge is 2.28. The molecule has 1 aliphatic heterocycles.